The van der Waals surface area contributed by atoms with Gasteiger partial charge >= 0.3 is 7.12 Å². The number of aromatic nitrogens is 2. The lowest BCUT2D eigenvalue weighted by atomic mass is 9.79. The van der Waals surface area contributed by atoms with Crippen molar-refractivity contribution in [2.24, 2.45) is 0 Å². The van der Waals surface area contributed by atoms with Gasteiger partial charge in [0.25, 0.3) is 0 Å². The number of fused-ring (bicyclic) bond motifs is 1. The van der Waals surface area contributed by atoms with Crippen LogP contribution in [0.1, 0.15) is 33.3 Å². The first-order valence-corrected chi connectivity index (χ1v) is 9.23. The van der Waals surface area contributed by atoms with E-state index in [1.54, 1.807) is 7.11 Å². The molecule has 1 fully saturated rings. The molecule has 4 rings (SSSR count). The van der Waals surface area contributed by atoms with Gasteiger partial charge in [-0.2, -0.15) is 5.10 Å². The van der Waals surface area contributed by atoms with Crippen molar-refractivity contribution >= 4 is 23.5 Å². The number of hydrogen-bond acceptors (Lipinski definition) is 4. The molecule has 0 atom stereocenters. The first kappa shape index (κ1) is 18.1. The van der Waals surface area contributed by atoms with Gasteiger partial charge in [0.05, 0.1) is 36.6 Å². The van der Waals surface area contributed by atoms with Crippen LogP contribution in [0.5, 0.6) is 5.75 Å². The molecular weight excluding hydrogens is 339 g/mol. The van der Waals surface area contributed by atoms with E-state index in [4.69, 9.17) is 14.0 Å². The van der Waals surface area contributed by atoms with Crippen LogP contribution in [0.25, 0.3) is 10.9 Å². The molecule has 0 saturated carbocycles. The van der Waals surface area contributed by atoms with E-state index in [9.17, 15) is 0 Å². The molecule has 2 aromatic carbocycles. The summed E-state index contributed by atoms with van der Waals surface area (Å²) in [5.74, 6) is 0.854. The Morgan fingerprint density at radius 2 is 1.67 bits per heavy atom. The van der Waals surface area contributed by atoms with Crippen LogP contribution in [0.2, 0.25) is 0 Å². The highest BCUT2D eigenvalue weighted by molar-refractivity contribution is 6.62. The quantitative estimate of drug-likeness (QED) is 0.666. The zero-order valence-corrected chi connectivity index (χ0v) is 16.5. The Labute approximate surface area is 160 Å². The molecule has 27 heavy (non-hydrogen) atoms. The number of benzene rings is 2. The van der Waals surface area contributed by atoms with Gasteiger partial charge in [0.2, 0.25) is 0 Å². The van der Waals surface area contributed by atoms with Crippen LogP contribution in [0.3, 0.4) is 0 Å². The highest BCUT2D eigenvalue weighted by atomic mass is 16.7. The molecule has 0 amide bonds. The second-order valence-corrected chi connectivity index (χ2v) is 8.06. The molecule has 0 radical (unpaired) electrons. The molecule has 1 aliphatic rings. The van der Waals surface area contributed by atoms with Crippen molar-refractivity contribution in [1.29, 1.82) is 0 Å². The Balaban J connectivity index is 1.63. The van der Waals surface area contributed by atoms with E-state index in [0.717, 1.165) is 22.1 Å². The fourth-order valence-corrected chi connectivity index (χ4v) is 3.24. The number of hydrogen-bond donors (Lipinski definition) is 0. The van der Waals surface area contributed by atoms with E-state index < -0.39 is 0 Å². The van der Waals surface area contributed by atoms with Crippen molar-refractivity contribution in [3.05, 3.63) is 54.2 Å². The summed E-state index contributed by atoms with van der Waals surface area (Å²) in [4.78, 5) is 0. The average molecular weight is 364 g/mol. The monoisotopic (exact) mass is 364 g/mol. The molecule has 0 aliphatic carbocycles. The summed E-state index contributed by atoms with van der Waals surface area (Å²) in [7, 11) is 1.30. The summed E-state index contributed by atoms with van der Waals surface area (Å²) >= 11 is 0. The maximum atomic E-state index is 6.19. The summed E-state index contributed by atoms with van der Waals surface area (Å²) in [6.45, 7) is 8.97. The molecule has 0 spiro atoms. The Bertz CT molecular complexity index is 947. The van der Waals surface area contributed by atoms with Crippen LogP contribution >= 0.6 is 0 Å². The molecule has 5 nitrogen and oxygen atoms in total. The summed E-state index contributed by atoms with van der Waals surface area (Å²) in [5.41, 5.74) is 2.55. The molecule has 0 N–H and O–H groups in total. The van der Waals surface area contributed by atoms with Crippen LogP contribution in [0, 0.1) is 0 Å². The third kappa shape index (κ3) is 3.24. The van der Waals surface area contributed by atoms with Crippen molar-refractivity contribution in [3.8, 4) is 5.75 Å². The average Bonchev–Trinajstić information content (AvgIpc) is 3.13. The second kappa shape index (κ2) is 6.39. The summed E-state index contributed by atoms with van der Waals surface area (Å²) < 4.78 is 19.6. The number of nitrogens with zero attached hydrogens (tertiary/aromatic N) is 2. The van der Waals surface area contributed by atoms with Gasteiger partial charge in [0.15, 0.2) is 0 Å². The highest BCUT2D eigenvalue weighted by Gasteiger charge is 2.51. The third-order valence-corrected chi connectivity index (χ3v) is 5.69. The summed E-state index contributed by atoms with van der Waals surface area (Å²) in [5, 5.41) is 5.66. The minimum Gasteiger partial charge on any atom is -0.497 e. The first-order valence-electron chi connectivity index (χ1n) is 9.23. The molecule has 1 saturated heterocycles. The summed E-state index contributed by atoms with van der Waals surface area (Å²) in [6, 6.07) is 14.3. The fourth-order valence-electron chi connectivity index (χ4n) is 3.24. The van der Waals surface area contributed by atoms with Gasteiger partial charge in [-0.1, -0.05) is 24.3 Å². The van der Waals surface area contributed by atoms with Crippen molar-refractivity contribution in [2.45, 2.75) is 45.4 Å². The van der Waals surface area contributed by atoms with E-state index in [1.807, 2.05) is 23.0 Å². The molecule has 1 aliphatic heterocycles. The zero-order chi connectivity index (χ0) is 19.2. The maximum Gasteiger partial charge on any atom is 0.494 e. The van der Waals surface area contributed by atoms with Gasteiger partial charge in [0.1, 0.15) is 5.75 Å². The van der Waals surface area contributed by atoms with Crippen molar-refractivity contribution in [2.75, 3.05) is 7.11 Å². The Kier molecular flexibility index (Phi) is 4.28. The topological polar surface area (TPSA) is 45.5 Å². The zero-order valence-electron chi connectivity index (χ0n) is 16.5. The third-order valence-electron chi connectivity index (χ3n) is 5.69. The Morgan fingerprint density at radius 1 is 1.00 bits per heavy atom. The molecule has 0 unspecified atom stereocenters. The molecule has 140 valence electrons. The maximum absolute atomic E-state index is 6.19. The number of ether oxygens (including phenoxy) is 1. The van der Waals surface area contributed by atoms with Crippen LogP contribution in [-0.2, 0) is 15.9 Å². The van der Waals surface area contributed by atoms with Gasteiger partial charge in [-0.15, -0.1) is 0 Å². The lowest BCUT2D eigenvalue weighted by molar-refractivity contribution is 0.00578. The number of rotatable bonds is 4. The minimum absolute atomic E-state index is 0.351. The predicted octanol–water partition coefficient (Wildman–Crippen LogP) is 3.39. The number of methoxy groups -OCH3 is 1. The van der Waals surface area contributed by atoms with Crippen LogP contribution < -0.4 is 10.2 Å². The van der Waals surface area contributed by atoms with Crippen molar-refractivity contribution in [3.63, 3.8) is 0 Å². The van der Waals surface area contributed by atoms with Crippen LogP contribution in [-0.4, -0.2) is 35.2 Å². The fraction of sp³-hybridized carbons (Fsp3) is 0.381. The van der Waals surface area contributed by atoms with Crippen LogP contribution in [0.4, 0.5) is 0 Å². The van der Waals surface area contributed by atoms with Gasteiger partial charge in [-0.3, -0.25) is 4.68 Å². The van der Waals surface area contributed by atoms with Gasteiger partial charge < -0.3 is 14.0 Å². The van der Waals surface area contributed by atoms with E-state index in [2.05, 4.69) is 63.1 Å². The van der Waals surface area contributed by atoms with Crippen molar-refractivity contribution < 1.29 is 14.0 Å². The SMILES string of the molecule is COc1ccc(Cn2ncc3ccc(B4OC(C)(C)C(C)(C)O4)cc32)cc1. The highest BCUT2D eigenvalue weighted by Crippen LogP contribution is 2.36. The predicted molar refractivity (Wildman–Crippen MR) is 108 cm³/mol. The van der Waals surface area contributed by atoms with E-state index in [1.165, 1.54) is 5.56 Å². The molecule has 1 aromatic heterocycles. The molecule has 6 heteroatoms. The molecule has 3 aromatic rings. The largest absolute Gasteiger partial charge is 0.497 e. The lowest BCUT2D eigenvalue weighted by Gasteiger charge is -2.32. The molecule has 0 bridgehead atoms. The van der Waals surface area contributed by atoms with Crippen LogP contribution in [0.15, 0.2) is 48.7 Å². The van der Waals surface area contributed by atoms with Gasteiger partial charge in [-0.25, -0.2) is 0 Å². The smallest absolute Gasteiger partial charge is 0.494 e. The van der Waals surface area contributed by atoms with Crippen molar-refractivity contribution in [1.82, 2.24) is 9.78 Å². The van der Waals surface area contributed by atoms with E-state index in [0.29, 0.717) is 6.54 Å². The minimum atomic E-state index is -0.372. The van der Waals surface area contributed by atoms with E-state index in [-0.39, 0.29) is 18.3 Å². The normalized spacial score (nSPS) is 18.2. The summed E-state index contributed by atoms with van der Waals surface area (Å²) in [6.07, 6.45) is 1.90. The Hall–Kier alpha value is -2.31. The standard InChI is InChI=1S/C21H25BN2O3/c1-20(2)21(3,4)27-22(26-20)17-9-8-16-13-23-24(19(16)12-17)14-15-6-10-18(25-5)11-7-15/h6-13H,14H2,1-5H3. The van der Waals surface area contributed by atoms with E-state index >= 15 is 0 Å². The lowest BCUT2D eigenvalue weighted by Crippen LogP contribution is -2.41. The molecule has 2 heterocycles. The van der Waals surface area contributed by atoms with Gasteiger partial charge in [0, 0.05) is 5.39 Å². The first-order chi connectivity index (χ1) is 12.8. The second-order valence-electron chi connectivity index (χ2n) is 8.06. The van der Waals surface area contributed by atoms with Gasteiger partial charge in [-0.05, 0) is 56.9 Å². The Morgan fingerprint density at radius 3 is 2.30 bits per heavy atom. The molecular formula is C21H25BN2O3.